The van der Waals surface area contributed by atoms with E-state index in [1.807, 2.05) is 18.2 Å². The summed E-state index contributed by atoms with van der Waals surface area (Å²) in [7, 11) is 0. The number of hydrogen-bond donors (Lipinski definition) is 0. The van der Waals surface area contributed by atoms with Crippen LogP contribution < -0.4 is 0 Å². The Morgan fingerprint density at radius 2 is 1.14 bits per heavy atom. The number of benzene rings is 4. The first-order valence-electron chi connectivity index (χ1n) is 11.6. The Kier molecular flexibility index (Phi) is 5.57. The molecule has 4 heteroatoms. The normalized spacial score (nSPS) is 11.0. The van der Waals surface area contributed by atoms with E-state index in [9.17, 15) is 0 Å². The van der Waals surface area contributed by atoms with Crippen LogP contribution in [-0.2, 0) is 0 Å². The largest absolute Gasteiger partial charge is 0.288 e. The lowest BCUT2D eigenvalue weighted by Gasteiger charge is -2.08. The molecule has 2 heterocycles. The standard InChI is InChI=1S/C31H23N3S/c1-22-17-19-25(20-18-22)29-32-27(23-11-5-2-6-12-23)21-34(29)31-28(24-13-7-3-8-14-24)33-30(35-31)26-15-9-4-10-16-26/h2-21H,1H3. The third-order valence-electron chi connectivity index (χ3n) is 5.98. The first kappa shape index (κ1) is 21.3. The van der Waals surface area contributed by atoms with Gasteiger partial charge in [0.05, 0.1) is 5.69 Å². The van der Waals surface area contributed by atoms with Crippen molar-refractivity contribution >= 4 is 11.3 Å². The smallest absolute Gasteiger partial charge is 0.145 e. The molecular formula is C31H23N3S. The fourth-order valence-electron chi connectivity index (χ4n) is 4.15. The van der Waals surface area contributed by atoms with Gasteiger partial charge < -0.3 is 0 Å². The molecule has 0 atom stereocenters. The summed E-state index contributed by atoms with van der Waals surface area (Å²) in [6.07, 6.45) is 2.14. The van der Waals surface area contributed by atoms with Gasteiger partial charge in [0.1, 0.15) is 21.5 Å². The summed E-state index contributed by atoms with van der Waals surface area (Å²) in [5, 5.41) is 2.05. The van der Waals surface area contributed by atoms with Gasteiger partial charge in [-0.05, 0) is 6.92 Å². The van der Waals surface area contributed by atoms with Crippen molar-refractivity contribution in [2.24, 2.45) is 0 Å². The second-order valence-corrected chi connectivity index (χ2v) is 9.43. The average molecular weight is 470 g/mol. The highest BCUT2D eigenvalue weighted by Crippen LogP contribution is 2.39. The van der Waals surface area contributed by atoms with Crippen molar-refractivity contribution in [1.29, 1.82) is 0 Å². The van der Waals surface area contributed by atoms with Crippen LogP contribution in [0.5, 0.6) is 0 Å². The van der Waals surface area contributed by atoms with Crippen molar-refractivity contribution in [2.75, 3.05) is 0 Å². The topological polar surface area (TPSA) is 30.7 Å². The second kappa shape index (κ2) is 9.16. The zero-order valence-corrected chi connectivity index (χ0v) is 20.1. The van der Waals surface area contributed by atoms with Crippen LogP contribution >= 0.6 is 11.3 Å². The number of rotatable bonds is 5. The zero-order valence-electron chi connectivity index (χ0n) is 19.3. The summed E-state index contributed by atoms with van der Waals surface area (Å²) in [6.45, 7) is 2.11. The minimum atomic E-state index is 0.907. The number of thiazole rings is 1. The molecule has 0 N–H and O–H groups in total. The monoisotopic (exact) mass is 469 g/mol. The predicted molar refractivity (Wildman–Crippen MR) is 146 cm³/mol. The SMILES string of the molecule is Cc1ccc(-c2nc(-c3ccccc3)cn2-c2sc(-c3ccccc3)nc2-c2ccccc2)cc1. The molecule has 0 bridgehead atoms. The third kappa shape index (κ3) is 4.20. The maximum absolute atomic E-state index is 5.13. The van der Waals surface area contributed by atoms with E-state index < -0.39 is 0 Å². The average Bonchev–Trinajstić information content (AvgIpc) is 3.56. The van der Waals surface area contributed by atoms with Crippen molar-refractivity contribution in [3.63, 3.8) is 0 Å². The van der Waals surface area contributed by atoms with Crippen molar-refractivity contribution in [1.82, 2.24) is 14.5 Å². The Morgan fingerprint density at radius 3 is 1.77 bits per heavy atom. The molecule has 6 rings (SSSR count). The predicted octanol–water partition coefficient (Wildman–Crippen LogP) is 8.31. The molecule has 0 saturated carbocycles. The minimum absolute atomic E-state index is 0.907. The van der Waals surface area contributed by atoms with Gasteiger partial charge >= 0.3 is 0 Å². The third-order valence-corrected chi connectivity index (χ3v) is 7.09. The van der Waals surface area contributed by atoms with Crippen LogP contribution in [0, 0.1) is 6.92 Å². The van der Waals surface area contributed by atoms with Crippen LogP contribution in [0.4, 0.5) is 0 Å². The van der Waals surface area contributed by atoms with Gasteiger partial charge in [-0.3, -0.25) is 4.57 Å². The van der Waals surface area contributed by atoms with Crippen LogP contribution in [0.3, 0.4) is 0 Å². The molecule has 0 aliphatic heterocycles. The molecule has 0 fully saturated rings. The lowest BCUT2D eigenvalue weighted by Crippen LogP contribution is -1.96. The molecule has 0 aliphatic rings. The van der Waals surface area contributed by atoms with E-state index >= 15 is 0 Å². The lowest BCUT2D eigenvalue weighted by atomic mass is 10.1. The van der Waals surface area contributed by atoms with Crippen LogP contribution in [0.2, 0.25) is 0 Å². The highest BCUT2D eigenvalue weighted by Gasteiger charge is 2.21. The highest BCUT2D eigenvalue weighted by molar-refractivity contribution is 7.18. The zero-order chi connectivity index (χ0) is 23.6. The Hall–Kier alpha value is -4.28. The Balaban J connectivity index is 1.60. The van der Waals surface area contributed by atoms with Gasteiger partial charge in [0.25, 0.3) is 0 Å². The maximum Gasteiger partial charge on any atom is 0.145 e. The van der Waals surface area contributed by atoms with Gasteiger partial charge in [0.15, 0.2) is 0 Å². The fraction of sp³-hybridized carbons (Fsp3) is 0.0323. The van der Waals surface area contributed by atoms with Crippen LogP contribution in [0.25, 0.3) is 49.5 Å². The van der Waals surface area contributed by atoms with E-state index in [-0.39, 0.29) is 0 Å². The summed E-state index contributed by atoms with van der Waals surface area (Å²) >= 11 is 1.69. The summed E-state index contributed by atoms with van der Waals surface area (Å²) in [5.41, 5.74) is 7.49. The first-order chi connectivity index (χ1) is 17.3. The highest BCUT2D eigenvalue weighted by atomic mass is 32.1. The molecule has 3 nitrogen and oxygen atoms in total. The Morgan fingerprint density at radius 1 is 0.571 bits per heavy atom. The van der Waals surface area contributed by atoms with Gasteiger partial charge in [-0.1, -0.05) is 132 Å². The molecule has 4 aromatic carbocycles. The second-order valence-electron chi connectivity index (χ2n) is 8.46. The van der Waals surface area contributed by atoms with E-state index in [1.54, 1.807) is 11.3 Å². The molecule has 168 valence electrons. The molecule has 2 aromatic heterocycles. The van der Waals surface area contributed by atoms with Gasteiger partial charge in [0, 0.05) is 28.5 Å². The molecule has 6 aromatic rings. The van der Waals surface area contributed by atoms with Crippen molar-refractivity contribution in [2.45, 2.75) is 6.92 Å². The molecule has 35 heavy (non-hydrogen) atoms. The summed E-state index contributed by atoms with van der Waals surface area (Å²) < 4.78 is 2.21. The quantitative estimate of drug-likeness (QED) is 0.254. The molecular weight excluding hydrogens is 446 g/mol. The summed E-state index contributed by atoms with van der Waals surface area (Å²) in [6, 6.07) is 39.7. The van der Waals surface area contributed by atoms with Crippen molar-refractivity contribution in [3.05, 3.63) is 127 Å². The van der Waals surface area contributed by atoms with E-state index in [1.165, 1.54) is 5.56 Å². The molecule has 0 aliphatic carbocycles. The number of aromatic nitrogens is 3. The van der Waals surface area contributed by atoms with Crippen molar-refractivity contribution in [3.8, 4) is 49.5 Å². The number of nitrogens with zero attached hydrogens (tertiary/aromatic N) is 3. The minimum Gasteiger partial charge on any atom is -0.288 e. The summed E-state index contributed by atoms with van der Waals surface area (Å²) in [4.78, 5) is 10.2. The van der Waals surface area contributed by atoms with Crippen LogP contribution in [-0.4, -0.2) is 14.5 Å². The lowest BCUT2D eigenvalue weighted by molar-refractivity contribution is 1.09. The molecule has 0 amide bonds. The maximum atomic E-state index is 5.13. The van der Waals surface area contributed by atoms with Gasteiger partial charge in [-0.25, -0.2) is 9.97 Å². The molecule has 0 radical (unpaired) electrons. The molecule has 0 unspecified atom stereocenters. The van der Waals surface area contributed by atoms with Gasteiger partial charge in [-0.2, -0.15) is 0 Å². The molecule has 0 spiro atoms. The first-order valence-corrected chi connectivity index (χ1v) is 12.4. The Bertz CT molecular complexity index is 1570. The van der Waals surface area contributed by atoms with Gasteiger partial charge in [0.2, 0.25) is 0 Å². The fourth-order valence-corrected chi connectivity index (χ4v) is 5.22. The number of imidazole rings is 1. The number of hydrogen-bond acceptors (Lipinski definition) is 3. The van der Waals surface area contributed by atoms with Crippen LogP contribution in [0.1, 0.15) is 5.56 Å². The van der Waals surface area contributed by atoms with Gasteiger partial charge in [-0.15, -0.1) is 0 Å². The van der Waals surface area contributed by atoms with Crippen LogP contribution in [0.15, 0.2) is 121 Å². The van der Waals surface area contributed by atoms with E-state index in [2.05, 4.69) is 115 Å². The summed E-state index contributed by atoms with van der Waals surface area (Å²) in [5.74, 6) is 0.907. The van der Waals surface area contributed by atoms with E-state index in [0.717, 1.165) is 49.5 Å². The van der Waals surface area contributed by atoms with E-state index in [0.29, 0.717) is 0 Å². The van der Waals surface area contributed by atoms with Crippen molar-refractivity contribution < 1.29 is 0 Å². The molecule has 0 saturated heterocycles. The number of aryl methyl sites for hydroxylation is 1. The Labute approximate surface area is 209 Å². The van der Waals surface area contributed by atoms with E-state index in [4.69, 9.17) is 9.97 Å².